The number of esters is 1. The van der Waals surface area contributed by atoms with Gasteiger partial charge in [-0.25, -0.2) is 28.8 Å². The summed E-state index contributed by atoms with van der Waals surface area (Å²) in [5.41, 5.74) is 0.734. The zero-order valence-electron chi connectivity index (χ0n) is 39.2. The van der Waals surface area contributed by atoms with Gasteiger partial charge in [-0.3, -0.25) is 4.79 Å². The number of hydrogen-bond donors (Lipinski definition) is 10. The van der Waals surface area contributed by atoms with Gasteiger partial charge in [-0.15, -0.1) is 0 Å². The van der Waals surface area contributed by atoms with Crippen LogP contribution in [0.25, 0.3) is 0 Å². The van der Waals surface area contributed by atoms with Crippen LogP contribution < -0.4 is 53.2 Å². The number of carbonyl (C=O) groups is 7. The first-order valence-electron chi connectivity index (χ1n) is 22.2. The number of alkyl carbamates (subject to hydrolysis) is 2. The van der Waals surface area contributed by atoms with Crippen molar-refractivity contribution in [2.24, 2.45) is 5.92 Å². The van der Waals surface area contributed by atoms with E-state index in [-0.39, 0.29) is 64.2 Å². The predicted octanol–water partition coefficient (Wildman–Crippen LogP) is 5.15. The van der Waals surface area contributed by atoms with Crippen LogP contribution >= 0.6 is 11.6 Å². The Bertz CT molecular complexity index is 1820. The number of amides is 10. The Kier molecular flexibility index (Phi) is 26.2. The molecule has 0 radical (unpaired) electrons. The van der Waals surface area contributed by atoms with E-state index in [0.29, 0.717) is 42.8 Å². The first-order valence-corrected chi connectivity index (χ1v) is 22.6. The Morgan fingerprint density at radius 3 is 1.80 bits per heavy atom. The highest BCUT2D eigenvalue weighted by molar-refractivity contribution is 6.31. The van der Waals surface area contributed by atoms with Crippen LogP contribution in [0, 0.1) is 5.92 Å². The molecule has 21 heteroatoms. The third-order valence-electron chi connectivity index (χ3n) is 9.35. The van der Waals surface area contributed by atoms with Crippen LogP contribution in [-0.4, -0.2) is 112 Å². The molecular formula is C45H71ClN10O10. The van der Waals surface area contributed by atoms with Crippen LogP contribution in [0.3, 0.4) is 0 Å². The lowest BCUT2D eigenvalue weighted by Crippen LogP contribution is -2.54. The summed E-state index contributed by atoms with van der Waals surface area (Å²) in [6.07, 6.45) is 0.849. The van der Waals surface area contributed by atoms with Gasteiger partial charge in [0.1, 0.15) is 18.8 Å². The van der Waals surface area contributed by atoms with Gasteiger partial charge in [0, 0.05) is 74.9 Å². The summed E-state index contributed by atoms with van der Waals surface area (Å²) in [6, 6.07) is 12.2. The molecule has 0 saturated carbocycles. The van der Waals surface area contributed by atoms with E-state index >= 15 is 0 Å². The van der Waals surface area contributed by atoms with Crippen molar-refractivity contribution in [3.63, 3.8) is 0 Å². The molecule has 10 N–H and O–H groups in total. The molecule has 0 aliphatic heterocycles. The molecule has 4 atom stereocenters. The number of benzene rings is 2. The Labute approximate surface area is 393 Å². The number of nitrogens with one attached hydrogen (secondary N) is 10. The highest BCUT2D eigenvalue weighted by Gasteiger charge is 2.23. The summed E-state index contributed by atoms with van der Waals surface area (Å²) in [6.45, 7) is 11.5. The van der Waals surface area contributed by atoms with Crippen molar-refractivity contribution in [1.29, 1.82) is 0 Å². The number of urea groups is 4. The maximum atomic E-state index is 13.3. The summed E-state index contributed by atoms with van der Waals surface area (Å²) < 4.78 is 16.0. The summed E-state index contributed by atoms with van der Waals surface area (Å²) in [4.78, 5) is 88.3. The minimum atomic E-state index is -0.775. The van der Waals surface area contributed by atoms with Gasteiger partial charge in [-0.05, 0) is 77.3 Å². The van der Waals surface area contributed by atoms with E-state index in [1.807, 2.05) is 44.2 Å². The van der Waals surface area contributed by atoms with Crippen molar-refractivity contribution in [3.8, 4) is 0 Å². The summed E-state index contributed by atoms with van der Waals surface area (Å²) in [5.74, 6) is -0.334. The minimum Gasteiger partial charge on any atom is -0.461 e. The number of carbonyl (C=O) groups excluding carboxylic acids is 7. The van der Waals surface area contributed by atoms with Crippen LogP contribution in [0.5, 0.6) is 0 Å². The molecule has 368 valence electrons. The van der Waals surface area contributed by atoms with E-state index < -0.39 is 66.0 Å². The van der Waals surface area contributed by atoms with E-state index in [4.69, 9.17) is 25.8 Å². The van der Waals surface area contributed by atoms with Gasteiger partial charge in [-0.1, -0.05) is 74.0 Å². The summed E-state index contributed by atoms with van der Waals surface area (Å²) in [7, 11) is 1.48. The van der Waals surface area contributed by atoms with Crippen LogP contribution in [0.2, 0.25) is 5.02 Å². The lowest BCUT2D eigenvalue weighted by Gasteiger charge is -2.25. The average Bonchev–Trinajstić information content (AvgIpc) is 3.25. The van der Waals surface area contributed by atoms with Gasteiger partial charge in [0.15, 0.2) is 0 Å². The van der Waals surface area contributed by atoms with E-state index in [1.54, 1.807) is 52.0 Å². The zero-order valence-corrected chi connectivity index (χ0v) is 40.0. The molecule has 0 fully saturated rings. The normalized spacial score (nSPS) is 12.7. The van der Waals surface area contributed by atoms with Crippen molar-refractivity contribution < 1.29 is 47.8 Å². The van der Waals surface area contributed by atoms with Gasteiger partial charge >= 0.3 is 42.3 Å². The molecule has 2 aromatic rings. The third-order valence-corrected chi connectivity index (χ3v) is 9.72. The second kappa shape index (κ2) is 30.9. The number of hydrogen-bond acceptors (Lipinski definition) is 10. The second-order valence-electron chi connectivity index (χ2n) is 17.1. The molecule has 0 aromatic heterocycles. The molecule has 0 heterocycles. The Balaban J connectivity index is 1.97. The lowest BCUT2D eigenvalue weighted by molar-refractivity contribution is -0.145. The molecular weight excluding hydrogens is 876 g/mol. The van der Waals surface area contributed by atoms with Crippen LogP contribution in [-0.2, 0) is 32.2 Å². The van der Waals surface area contributed by atoms with Crippen LogP contribution in [0.1, 0.15) is 91.2 Å². The summed E-state index contributed by atoms with van der Waals surface area (Å²) in [5, 5.41) is 27.8. The highest BCUT2D eigenvalue weighted by atomic mass is 35.5. The summed E-state index contributed by atoms with van der Waals surface area (Å²) >= 11 is 6.14. The Morgan fingerprint density at radius 2 is 1.18 bits per heavy atom. The van der Waals surface area contributed by atoms with E-state index in [9.17, 15) is 33.6 Å². The van der Waals surface area contributed by atoms with Crippen LogP contribution in [0.15, 0.2) is 54.6 Å². The topological polar surface area (TPSA) is 267 Å². The van der Waals surface area contributed by atoms with E-state index in [0.717, 1.165) is 5.56 Å². The van der Waals surface area contributed by atoms with Crippen molar-refractivity contribution in [2.75, 3.05) is 39.8 Å². The third kappa shape index (κ3) is 27.2. The molecule has 20 nitrogen and oxygen atoms in total. The monoisotopic (exact) mass is 947 g/mol. The standard InChI is InChI=1S/C45H71ClN10O10/c1-30(2)23-36(55-42(61)51-26-35(56-44(63)66-45(4,5)6)20-21-38(57)64-28-32-15-9-8-10-16-32)27-52-41(60)54-34(25-50-40(59)53-31(3)24-49-39(58)47-7)18-13-14-22-48-43(62)65-29-33-17-11-12-19-37(33)46/h8-12,15-17,19,30-31,34-36H,13-14,18,20-29H2,1-7H3,(H,48,62)(H,56,63)(H2,47,49,58)(H2,50,53,59)(H2,51,55,61)(H2,52,54,60)/t31-,34-,35-,36-/m0/s1. The van der Waals surface area contributed by atoms with E-state index in [1.165, 1.54) is 7.05 Å². The van der Waals surface area contributed by atoms with Gasteiger partial charge < -0.3 is 67.4 Å². The number of unbranched alkanes of at least 4 members (excludes halogenated alkanes) is 1. The lowest BCUT2D eigenvalue weighted by atomic mass is 10.0. The van der Waals surface area contributed by atoms with Gasteiger partial charge in [0.25, 0.3) is 0 Å². The number of rotatable bonds is 26. The van der Waals surface area contributed by atoms with Crippen molar-refractivity contribution >= 4 is 53.9 Å². The highest BCUT2D eigenvalue weighted by Crippen LogP contribution is 2.16. The quantitative estimate of drug-likeness (QED) is 0.0337. The largest absolute Gasteiger partial charge is 0.461 e. The minimum absolute atomic E-state index is 0.0163. The Morgan fingerprint density at radius 1 is 0.606 bits per heavy atom. The van der Waals surface area contributed by atoms with Crippen LogP contribution in [0.4, 0.5) is 28.8 Å². The predicted molar refractivity (Wildman–Crippen MR) is 251 cm³/mol. The zero-order chi connectivity index (χ0) is 48.9. The maximum absolute atomic E-state index is 13.3. The first-order chi connectivity index (χ1) is 31.3. The van der Waals surface area contributed by atoms with Crippen molar-refractivity contribution in [2.45, 2.75) is 123 Å². The molecule has 2 aromatic carbocycles. The second-order valence-corrected chi connectivity index (χ2v) is 17.5. The molecule has 0 aliphatic carbocycles. The molecule has 0 unspecified atom stereocenters. The van der Waals surface area contributed by atoms with Crippen molar-refractivity contribution in [3.05, 3.63) is 70.7 Å². The molecule has 2 rings (SSSR count). The number of ether oxygens (including phenoxy) is 3. The number of halogens is 1. The fraction of sp³-hybridized carbons (Fsp3) is 0.578. The molecule has 10 amide bonds. The molecule has 0 saturated heterocycles. The molecule has 0 bridgehead atoms. The van der Waals surface area contributed by atoms with E-state index in [2.05, 4.69) is 53.2 Å². The molecule has 0 spiro atoms. The van der Waals surface area contributed by atoms with Crippen molar-refractivity contribution in [1.82, 2.24) is 53.2 Å². The van der Waals surface area contributed by atoms with Gasteiger partial charge in [0.05, 0.1) is 6.04 Å². The SMILES string of the molecule is CNC(=O)NC[C@H](C)NC(=O)NC[C@H](CCCCNC(=O)OCc1ccccc1Cl)NC(=O)NC[C@H](CC(C)C)NC(=O)NC[C@H](CCC(=O)OCc1ccccc1)NC(=O)OC(C)(C)C. The fourth-order valence-electron chi connectivity index (χ4n) is 6.09. The maximum Gasteiger partial charge on any atom is 0.407 e. The smallest absolute Gasteiger partial charge is 0.407 e. The van der Waals surface area contributed by atoms with Gasteiger partial charge in [-0.2, -0.15) is 0 Å². The fourth-order valence-corrected chi connectivity index (χ4v) is 6.28. The average molecular weight is 948 g/mol. The molecule has 66 heavy (non-hydrogen) atoms. The Hall–Kier alpha value is -6.18. The molecule has 0 aliphatic rings. The first kappa shape index (κ1) is 56.0. The van der Waals surface area contributed by atoms with Gasteiger partial charge in [0.2, 0.25) is 0 Å².